The summed E-state index contributed by atoms with van der Waals surface area (Å²) in [5, 5.41) is 7.60. The summed E-state index contributed by atoms with van der Waals surface area (Å²) in [5.74, 6) is 2.27. The summed E-state index contributed by atoms with van der Waals surface area (Å²) in [6.07, 6.45) is 0.833. The number of methoxy groups -OCH3 is 4. The molecule has 0 radical (unpaired) electrons. The number of carboxylic acids is 1. The molecule has 38 heavy (non-hydrogen) atoms. The molecule has 0 spiro atoms. The van der Waals surface area contributed by atoms with Crippen molar-refractivity contribution < 1.29 is 28.8 Å². The summed E-state index contributed by atoms with van der Waals surface area (Å²) in [6.45, 7) is 2.96. The molecule has 196 valence electrons. The van der Waals surface area contributed by atoms with Gasteiger partial charge in [0, 0.05) is 6.08 Å². The fraction of sp³-hybridized carbons (Fsp3) is 0.156. The van der Waals surface area contributed by atoms with Gasteiger partial charge in [0.1, 0.15) is 23.0 Å². The Bertz CT molecular complexity index is 1110. The second kappa shape index (κ2) is 13.0. The molecule has 6 nitrogen and oxygen atoms in total. The van der Waals surface area contributed by atoms with Gasteiger partial charge in [-0.2, -0.15) is 0 Å². The maximum Gasteiger partial charge on any atom is 0.327 e. The largest absolute Gasteiger partial charge is 0.497 e. The zero-order valence-corrected chi connectivity index (χ0v) is 22.0. The van der Waals surface area contributed by atoms with E-state index in [-0.39, 0.29) is 0 Å². The molecule has 1 N–H and O–H groups in total. The minimum absolute atomic E-state index is 0.586. The van der Waals surface area contributed by atoms with Crippen LogP contribution in [0.1, 0.15) is 22.3 Å². The van der Waals surface area contributed by atoms with Crippen LogP contribution in [0.3, 0.4) is 0 Å². The smallest absolute Gasteiger partial charge is 0.327 e. The first kappa shape index (κ1) is 27.9. The quantitative estimate of drug-likeness (QED) is 0.208. The van der Waals surface area contributed by atoms with Gasteiger partial charge in [-0.3, -0.25) is 0 Å². The molecule has 0 aromatic heterocycles. The summed E-state index contributed by atoms with van der Waals surface area (Å²) in [4.78, 5) is 9.25. The molecular weight excluding hydrogens is 480 g/mol. The third kappa shape index (κ3) is 5.98. The molecule has 0 aliphatic rings. The van der Waals surface area contributed by atoms with Gasteiger partial charge in [-0.1, -0.05) is 55.1 Å². The monoisotopic (exact) mass is 512 g/mol. The van der Waals surface area contributed by atoms with Crippen molar-refractivity contribution in [3.05, 3.63) is 132 Å². The minimum atomic E-state index is -0.981. The normalized spacial score (nSPS) is 10.4. The van der Waals surface area contributed by atoms with Gasteiger partial charge in [-0.15, -0.1) is 0 Å². The highest BCUT2D eigenvalue weighted by Crippen LogP contribution is 2.46. The molecular formula is C32H32O6. The Balaban J connectivity index is 0.000000732. The van der Waals surface area contributed by atoms with Crippen molar-refractivity contribution in [1.29, 1.82) is 0 Å². The molecule has 0 amide bonds. The third-order valence-corrected chi connectivity index (χ3v) is 6.27. The SMILES string of the molecule is C=CC(=O)O.COc1ccc(C(c2ccc(OC)cc2)(c2ccc(OC)cc2)c2ccc(OC)cc2)cc1. The molecule has 0 saturated carbocycles. The number of aliphatic carboxylic acids is 1. The molecule has 4 rings (SSSR count). The topological polar surface area (TPSA) is 74.2 Å². The second-order valence-electron chi connectivity index (χ2n) is 8.21. The van der Waals surface area contributed by atoms with E-state index in [1.807, 2.05) is 48.5 Å². The Morgan fingerprint density at radius 2 is 0.737 bits per heavy atom. The van der Waals surface area contributed by atoms with E-state index in [1.54, 1.807) is 28.4 Å². The zero-order chi connectivity index (χ0) is 27.5. The lowest BCUT2D eigenvalue weighted by Gasteiger charge is -2.37. The van der Waals surface area contributed by atoms with Crippen LogP contribution >= 0.6 is 0 Å². The average Bonchev–Trinajstić information content (AvgIpc) is 2.99. The van der Waals surface area contributed by atoms with Gasteiger partial charge in [0.25, 0.3) is 0 Å². The zero-order valence-electron chi connectivity index (χ0n) is 22.0. The van der Waals surface area contributed by atoms with Crippen molar-refractivity contribution in [2.75, 3.05) is 28.4 Å². The lowest BCUT2D eigenvalue weighted by atomic mass is 9.65. The van der Waals surface area contributed by atoms with Crippen molar-refractivity contribution >= 4 is 5.97 Å². The number of benzene rings is 4. The highest BCUT2D eigenvalue weighted by Gasteiger charge is 2.38. The molecule has 4 aromatic carbocycles. The number of hydrogen-bond acceptors (Lipinski definition) is 5. The molecule has 0 aliphatic carbocycles. The Morgan fingerprint density at radius 3 is 0.868 bits per heavy atom. The molecule has 6 heteroatoms. The van der Waals surface area contributed by atoms with Crippen LogP contribution in [0.15, 0.2) is 110 Å². The Morgan fingerprint density at radius 1 is 0.553 bits per heavy atom. The van der Waals surface area contributed by atoms with Crippen LogP contribution in [0, 0.1) is 0 Å². The number of rotatable bonds is 9. The average molecular weight is 513 g/mol. The third-order valence-electron chi connectivity index (χ3n) is 6.27. The number of hydrogen-bond donors (Lipinski definition) is 1. The second-order valence-corrected chi connectivity index (χ2v) is 8.21. The van der Waals surface area contributed by atoms with Crippen LogP contribution in [0.2, 0.25) is 0 Å². The van der Waals surface area contributed by atoms with E-state index < -0.39 is 11.4 Å². The van der Waals surface area contributed by atoms with Crippen molar-refractivity contribution in [2.24, 2.45) is 0 Å². The van der Waals surface area contributed by atoms with E-state index in [4.69, 9.17) is 24.1 Å². The highest BCUT2D eigenvalue weighted by atomic mass is 16.5. The summed E-state index contributed by atoms with van der Waals surface area (Å²) in [7, 11) is 6.72. The van der Waals surface area contributed by atoms with Crippen LogP contribution in [0.5, 0.6) is 23.0 Å². The van der Waals surface area contributed by atoms with E-state index in [0.29, 0.717) is 0 Å². The van der Waals surface area contributed by atoms with E-state index in [1.165, 1.54) is 0 Å². The maximum atomic E-state index is 9.25. The summed E-state index contributed by atoms with van der Waals surface area (Å²) in [5.41, 5.74) is 3.87. The molecule has 0 fully saturated rings. The van der Waals surface area contributed by atoms with Crippen molar-refractivity contribution in [2.45, 2.75) is 5.41 Å². The predicted octanol–water partition coefficient (Wildman–Crippen LogP) is 6.36. The molecule has 0 unspecified atom stereocenters. The van der Waals surface area contributed by atoms with Gasteiger partial charge >= 0.3 is 5.97 Å². The minimum Gasteiger partial charge on any atom is -0.497 e. The van der Waals surface area contributed by atoms with Crippen molar-refractivity contribution in [3.8, 4) is 23.0 Å². The number of ether oxygens (including phenoxy) is 4. The first-order valence-corrected chi connectivity index (χ1v) is 11.9. The van der Waals surface area contributed by atoms with Gasteiger partial charge < -0.3 is 24.1 Å². The number of carbonyl (C=O) groups is 1. The fourth-order valence-corrected chi connectivity index (χ4v) is 4.36. The van der Waals surface area contributed by atoms with Crippen molar-refractivity contribution in [3.63, 3.8) is 0 Å². The number of carboxylic acid groups (broad SMARTS) is 1. The molecule has 4 aromatic rings. The van der Waals surface area contributed by atoms with Crippen LogP contribution in [0.25, 0.3) is 0 Å². The summed E-state index contributed by atoms with van der Waals surface area (Å²) < 4.78 is 21.8. The highest BCUT2D eigenvalue weighted by molar-refractivity contribution is 5.78. The maximum absolute atomic E-state index is 9.25. The van der Waals surface area contributed by atoms with E-state index >= 15 is 0 Å². The first-order chi connectivity index (χ1) is 18.4. The summed E-state index contributed by atoms with van der Waals surface area (Å²) >= 11 is 0. The molecule has 0 aliphatic heterocycles. The fourth-order valence-electron chi connectivity index (χ4n) is 4.36. The van der Waals surface area contributed by atoms with Crippen LogP contribution in [-0.2, 0) is 10.2 Å². The lowest BCUT2D eigenvalue weighted by molar-refractivity contribution is -0.131. The predicted molar refractivity (Wildman–Crippen MR) is 149 cm³/mol. The van der Waals surface area contributed by atoms with Crippen LogP contribution < -0.4 is 18.9 Å². The van der Waals surface area contributed by atoms with Gasteiger partial charge in [-0.05, 0) is 70.8 Å². The van der Waals surface area contributed by atoms with Gasteiger partial charge in [0.2, 0.25) is 0 Å². The Kier molecular flexibility index (Phi) is 9.54. The Labute approximate surface area is 223 Å². The van der Waals surface area contributed by atoms with E-state index in [2.05, 4.69) is 55.1 Å². The van der Waals surface area contributed by atoms with Gasteiger partial charge in [0.15, 0.2) is 0 Å². The first-order valence-electron chi connectivity index (χ1n) is 11.9. The summed E-state index contributed by atoms with van der Waals surface area (Å²) in [6, 6.07) is 33.0. The van der Waals surface area contributed by atoms with Gasteiger partial charge in [0.05, 0.1) is 33.9 Å². The Hall–Kier alpha value is -4.71. The van der Waals surface area contributed by atoms with E-state index in [9.17, 15) is 4.79 Å². The van der Waals surface area contributed by atoms with E-state index in [0.717, 1.165) is 51.3 Å². The molecule has 0 bridgehead atoms. The molecule has 0 atom stereocenters. The van der Waals surface area contributed by atoms with Crippen molar-refractivity contribution in [1.82, 2.24) is 0 Å². The lowest BCUT2D eigenvalue weighted by Crippen LogP contribution is -2.31. The van der Waals surface area contributed by atoms with Gasteiger partial charge in [-0.25, -0.2) is 4.79 Å². The molecule has 0 saturated heterocycles. The molecule has 0 heterocycles. The standard InChI is InChI=1S/C29H28O4.C3H4O2/c1-30-25-13-5-21(6-14-25)29(22-7-15-26(31-2)16-8-22,23-9-17-27(32-3)18-10-23)24-11-19-28(33-4)20-12-24;1-2-3(4)5/h5-20H,1-4H3;2H,1H2,(H,4,5). The van der Waals surface area contributed by atoms with Crippen LogP contribution in [0.4, 0.5) is 0 Å². The van der Waals surface area contributed by atoms with Crippen LogP contribution in [-0.4, -0.2) is 39.5 Å².